The zero-order chi connectivity index (χ0) is 19.6. The monoisotopic (exact) mass is 367 g/mol. The van der Waals surface area contributed by atoms with Gasteiger partial charge in [-0.2, -0.15) is 0 Å². The van der Waals surface area contributed by atoms with Crippen LogP contribution in [0, 0.1) is 0 Å². The van der Waals surface area contributed by atoms with Crippen LogP contribution in [0.4, 0.5) is 5.69 Å². The molecule has 1 saturated heterocycles. The number of aromatic carboxylic acids is 1. The molecule has 0 aliphatic carbocycles. The number of benzene rings is 1. The zero-order valence-electron chi connectivity index (χ0n) is 16.0. The number of hydrogen-bond acceptors (Lipinski definition) is 4. The summed E-state index contributed by atoms with van der Waals surface area (Å²) in [5.74, 6) is -0.982. The second kappa shape index (κ2) is 7.39. The van der Waals surface area contributed by atoms with Crippen molar-refractivity contribution in [1.29, 1.82) is 0 Å². The molecule has 0 unspecified atom stereocenters. The van der Waals surface area contributed by atoms with Gasteiger partial charge in [0.2, 0.25) is 0 Å². The Balaban J connectivity index is 1.61. The summed E-state index contributed by atoms with van der Waals surface area (Å²) in [5, 5.41) is 8.93. The van der Waals surface area contributed by atoms with Gasteiger partial charge in [0.15, 0.2) is 0 Å². The molecule has 2 aromatic rings. The number of carboxylic acid groups (broad SMARTS) is 1. The summed E-state index contributed by atoms with van der Waals surface area (Å²) in [5.41, 5.74) is 2.90. The molecule has 6 heteroatoms. The van der Waals surface area contributed by atoms with Crippen molar-refractivity contribution in [1.82, 2.24) is 9.88 Å². The summed E-state index contributed by atoms with van der Waals surface area (Å²) < 4.78 is 0. The minimum atomic E-state index is -1.03. The van der Waals surface area contributed by atoms with Crippen LogP contribution in [0.1, 0.15) is 47.2 Å². The number of piperazine rings is 1. The number of aromatic nitrogens is 1. The Morgan fingerprint density at radius 2 is 1.59 bits per heavy atom. The summed E-state index contributed by atoms with van der Waals surface area (Å²) in [6, 6.07) is 11.1. The lowest BCUT2D eigenvalue weighted by Crippen LogP contribution is -2.48. The van der Waals surface area contributed by atoms with Crippen LogP contribution in [0.25, 0.3) is 0 Å². The molecular weight excluding hydrogens is 342 g/mol. The Hall–Kier alpha value is -2.89. The van der Waals surface area contributed by atoms with Crippen LogP contribution in [0.5, 0.6) is 0 Å². The fourth-order valence-corrected chi connectivity index (χ4v) is 3.16. The van der Waals surface area contributed by atoms with Crippen molar-refractivity contribution in [2.24, 2.45) is 0 Å². The maximum Gasteiger partial charge on any atom is 0.354 e. The first-order valence-corrected chi connectivity index (χ1v) is 9.10. The van der Waals surface area contributed by atoms with Gasteiger partial charge in [-0.1, -0.05) is 32.9 Å². The highest BCUT2D eigenvalue weighted by atomic mass is 16.4. The molecular formula is C21H25N3O3. The van der Waals surface area contributed by atoms with Crippen molar-refractivity contribution < 1.29 is 14.7 Å². The summed E-state index contributed by atoms with van der Waals surface area (Å²) in [6.45, 7) is 9.10. The molecule has 1 aromatic heterocycles. The lowest BCUT2D eigenvalue weighted by Gasteiger charge is -2.36. The van der Waals surface area contributed by atoms with Crippen LogP contribution in [-0.4, -0.2) is 53.0 Å². The predicted octanol–water partition coefficient (Wildman–Crippen LogP) is 3.04. The van der Waals surface area contributed by atoms with Crippen LogP contribution in [0.3, 0.4) is 0 Å². The summed E-state index contributed by atoms with van der Waals surface area (Å²) in [7, 11) is 0. The van der Waals surface area contributed by atoms with Crippen LogP contribution in [0.15, 0.2) is 42.6 Å². The molecule has 1 aromatic carbocycles. The highest BCUT2D eigenvalue weighted by Crippen LogP contribution is 2.23. The van der Waals surface area contributed by atoms with E-state index in [0.29, 0.717) is 31.7 Å². The van der Waals surface area contributed by atoms with E-state index in [1.165, 1.54) is 11.6 Å². The van der Waals surface area contributed by atoms with Crippen molar-refractivity contribution in [3.63, 3.8) is 0 Å². The number of carboxylic acids is 1. The van der Waals surface area contributed by atoms with Crippen molar-refractivity contribution in [2.75, 3.05) is 31.1 Å². The van der Waals surface area contributed by atoms with E-state index in [0.717, 1.165) is 5.69 Å². The van der Waals surface area contributed by atoms with Gasteiger partial charge in [-0.05, 0) is 35.2 Å². The van der Waals surface area contributed by atoms with Gasteiger partial charge in [0.1, 0.15) is 5.69 Å². The number of amides is 1. The molecule has 142 valence electrons. The van der Waals surface area contributed by atoms with E-state index in [1.807, 2.05) is 29.2 Å². The minimum Gasteiger partial charge on any atom is -0.477 e. The van der Waals surface area contributed by atoms with Crippen LogP contribution < -0.4 is 4.90 Å². The summed E-state index contributed by atoms with van der Waals surface area (Å²) in [4.78, 5) is 31.6. The third-order valence-corrected chi connectivity index (χ3v) is 4.90. The van der Waals surface area contributed by atoms with Gasteiger partial charge in [0, 0.05) is 31.7 Å². The van der Waals surface area contributed by atoms with E-state index in [9.17, 15) is 9.59 Å². The molecule has 6 nitrogen and oxygen atoms in total. The molecule has 1 N–H and O–H groups in total. The molecule has 0 saturated carbocycles. The van der Waals surface area contributed by atoms with E-state index in [-0.39, 0.29) is 17.0 Å². The van der Waals surface area contributed by atoms with Gasteiger partial charge in [0.05, 0.1) is 11.9 Å². The maximum absolute atomic E-state index is 12.8. The van der Waals surface area contributed by atoms with Gasteiger partial charge in [-0.25, -0.2) is 9.78 Å². The molecule has 27 heavy (non-hydrogen) atoms. The molecule has 1 aliphatic heterocycles. The summed E-state index contributed by atoms with van der Waals surface area (Å²) in [6.07, 6.45) is 1.58. The molecule has 0 bridgehead atoms. The third kappa shape index (κ3) is 4.27. The number of anilines is 1. The lowest BCUT2D eigenvalue weighted by molar-refractivity contribution is 0.0688. The standard InChI is InChI=1S/C21H25N3O3/c1-21(2,3)16-6-4-15(5-7-16)19(25)24-12-10-23(11-13-24)17-8-9-18(20(26)27)22-14-17/h4-9,14H,10-13H2,1-3H3,(H,26,27). The van der Waals surface area contributed by atoms with Gasteiger partial charge in [-0.15, -0.1) is 0 Å². The first kappa shape index (κ1) is 18.9. The average molecular weight is 367 g/mol. The van der Waals surface area contributed by atoms with Gasteiger partial charge >= 0.3 is 5.97 Å². The SMILES string of the molecule is CC(C)(C)c1ccc(C(=O)N2CCN(c3ccc(C(=O)O)nc3)CC2)cc1. The Kier molecular flexibility index (Phi) is 5.17. The van der Waals surface area contributed by atoms with Crippen molar-refractivity contribution >= 4 is 17.6 Å². The highest BCUT2D eigenvalue weighted by molar-refractivity contribution is 5.94. The van der Waals surface area contributed by atoms with Crippen LogP contribution >= 0.6 is 0 Å². The van der Waals surface area contributed by atoms with Crippen LogP contribution in [-0.2, 0) is 5.41 Å². The number of carbonyl (C=O) groups excluding carboxylic acids is 1. The maximum atomic E-state index is 12.8. The molecule has 1 aliphatic rings. The van der Waals surface area contributed by atoms with Crippen molar-refractivity contribution in [3.05, 3.63) is 59.4 Å². The van der Waals surface area contributed by atoms with E-state index in [2.05, 4.69) is 30.7 Å². The Labute approximate surface area is 159 Å². The average Bonchev–Trinajstić information content (AvgIpc) is 2.67. The molecule has 1 fully saturated rings. The fourth-order valence-electron chi connectivity index (χ4n) is 3.16. The smallest absolute Gasteiger partial charge is 0.354 e. The molecule has 0 atom stereocenters. The number of pyridine rings is 1. The largest absolute Gasteiger partial charge is 0.477 e. The molecule has 2 heterocycles. The van der Waals surface area contributed by atoms with E-state index >= 15 is 0 Å². The van der Waals surface area contributed by atoms with E-state index in [4.69, 9.17) is 5.11 Å². The van der Waals surface area contributed by atoms with Gasteiger partial charge in [-0.3, -0.25) is 4.79 Å². The van der Waals surface area contributed by atoms with E-state index < -0.39 is 5.97 Å². The molecule has 0 radical (unpaired) electrons. The topological polar surface area (TPSA) is 73.7 Å². The highest BCUT2D eigenvalue weighted by Gasteiger charge is 2.23. The second-order valence-corrected chi connectivity index (χ2v) is 7.81. The molecule has 0 spiro atoms. The quantitative estimate of drug-likeness (QED) is 0.903. The Morgan fingerprint density at radius 1 is 0.963 bits per heavy atom. The lowest BCUT2D eigenvalue weighted by atomic mass is 9.86. The zero-order valence-corrected chi connectivity index (χ0v) is 16.0. The van der Waals surface area contributed by atoms with Crippen molar-refractivity contribution in [3.8, 4) is 0 Å². The van der Waals surface area contributed by atoms with Gasteiger partial charge in [0.25, 0.3) is 5.91 Å². The minimum absolute atomic E-state index is 0.0336. The fraction of sp³-hybridized carbons (Fsp3) is 0.381. The Bertz CT molecular complexity index is 815. The summed E-state index contributed by atoms with van der Waals surface area (Å²) >= 11 is 0. The first-order chi connectivity index (χ1) is 12.8. The van der Waals surface area contributed by atoms with E-state index in [1.54, 1.807) is 12.3 Å². The number of nitrogens with zero attached hydrogens (tertiary/aromatic N) is 3. The number of rotatable bonds is 3. The first-order valence-electron chi connectivity index (χ1n) is 9.10. The van der Waals surface area contributed by atoms with Crippen LogP contribution in [0.2, 0.25) is 0 Å². The second-order valence-electron chi connectivity index (χ2n) is 7.81. The Morgan fingerprint density at radius 3 is 2.07 bits per heavy atom. The number of hydrogen-bond donors (Lipinski definition) is 1. The number of carbonyl (C=O) groups is 2. The van der Waals surface area contributed by atoms with Gasteiger partial charge < -0.3 is 14.9 Å². The normalized spacial score (nSPS) is 14.9. The van der Waals surface area contributed by atoms with Crippen molar-refractivity contribution in [2.45, 2.75) is 26.2 Å². The molecule has 3 rings (SSSR count). The molecule has 1 amide bonds. The third-order valence-electron chi connectivity index (χ3n) is 4.90. The predicted molar refractivity (Wildman–Crippen MR) is 104 cm³/mol.